The normalized spacial score (nSPS) is 10.6. The molecule has 0 unspecified atom stereocenters. The SMILES string of the molecule is O=C(CSc1n[nH]c(=O)n1CCc1ccccc1)NCc1ccccc1. The summed E-state index contributed by atoms with van der Waals surface area (Å²) in [6, 6.07) is 19.7. The molecule has 0 aliphatic heterocycles. The maximum atomic E-state index is 12.0. The lowest BCUT2D eigenvalue weighted by molar-refractivity contribution is -0.118. The van der Waals surface area contributed by atoms with Crippen molar-refractivity contribution in [1.29, 1.82) is 0 Å². The van der Waals surface area contributed by atoms with Gasteiger partial charge in [-0.3, -0.25) is 9.36 Å². The molecule has 0 saturated carbocycles. The molecule has 0 saturated heterocycles. The number of benzene rings is 2. The maximum Gasteiger partial charge on any atom is 0.343 e. The number of hydrogen-bond donors (Lipinski definition) is 2. The van der Waals surface area contributed by atoms with Gasteiger partial charge in [0.2, 0.25) is 5.91 Å². The van der Waals surface area contributed by atoms with E-state index in [1.54, 1.807) is 4.57 Å². The van der Waals surface area contributed by atoms with Crippen LogP contribution in [0, 0.1) is 0 Å². The zero-order valence-corrected chi connectivity index (χ0v) is 15.0. The summed E-state index contributed by atoms with van der Waals surface area (Å²) in [5.41, 5.74) is 1.94. The number of nitrogens with zero attached hydrogens (tertiary/aromatic N) is 2. The number of H-pyrrole nitrogens is 1. The lowest BCUT2D eigenvalue weighted by atomic mass is 10.1. The highest BCUT2D eigenvalue weighted by atomic mass is 32.2. The second-order valence-corrected chi connectivity index (χ2v) is 6.69. The molecule has 0 aliphatic carbocycles. The quantitative estimate of drug-likeness (QED) is 0.598. The predicted octanol–water partition coefficient (Wildman–Crippen LogP) is 2.22. The van der Waals surface area contributed by atoms with Crippen molar-refractivity contribution in [3.63, 3.8) is 0 Å². The molecule has 0 radical (unpaired) electrons. The molecule has 7 heteroatoms. The molecular formula is C19H20N4O2S. The van der Waals surface area contributed by atoms with Crippen molar-refractivity contribution in [3.8, 4) is 0 Å². The molecular weight excluding hydrogens is 348 g/mol. The molecule has 2 aromatic carbocycles. The van der Waals surface area contributed by atoms with E-state index in [2.05, 4.69) is 15.5 Å². The zero-order chi connectivity index (χ0) is 18.2. The van der Waals surface area contributed by atoms with Crippen LogP contribution in [0.25, 0.3) is 0 Å². The molecule has 3 aromatic rings. The molecule has 6 nitrogen and oxygen atoms in total. The second-order valence-electron chi connectivity index (χ2n) is 5.75. The maximum absolute atomic E-state index is 12.0. The first-order chi connectivity index (χ1) is 12.7. The van der Waals surface area contributed by atoms with Crippen LogP contribution >= 0.6 is 11.8 Å². The smallest absolute Gasteiger partial charge is 0.343 e. The number of rotatable bonds is 8. The summed E-state index contributed by atoms with van der Waals surface area (Å²) >= 11 is 1.25. The van der Waals surface area contributed by atoms with E-state index >= 15 is 0 Å². The van der Waals surface area contributed by atoms with E-state index in [4.69, 9.17) is 0 Å². The average molecular weight is 368 g/mol. The minimum atomic E-state index is -0.256. The van der Waals surface area contributed by atoms with Crippen LogP contribution in [-0.4, -0.2) is 26.4 Å². The lowest BCUT2D eigenvalue weighted by Crippen LogP contribution is -2.25. The number of aryl methyl sites for hydroxylation is 1. The van der Waals surface area contributed by atoms with Crippen LogP contribution in [-0.2, 0) is 24.3 Å². The molecule has 1 heterocycles. The van der Waals surface area contributed by atoms with Gasteiger partial charge in [-0.25, -0.2) is 9.89 Å². The Morgan fingerprint density at radius 2 is 1.69 bits per heavy atom. The van der Waals surface area contributed by atoms with Crippen molar-refractivity contribution in [1.82, 2.24) is 20.1 Å². The van der Waals surface area contributed by atoms with Gasteiger partial charge in [0, 0.05) is 13.1 Å². The fourth-order valence-corrected chi connectivity index (χ4v) is 3.28. The number of carbonyl (C=O) groups excluding carboxylic acids is 1. The minimum Gasteiger partial charge on any atom is -0.351 e. The van der Waals surface area contributed by atoms with E-state index < -0.39 is 0 Å². The predicted molar refractivity (Wildman–Crippen MR) is 102 cm³/mol. The number of thioether (sulfide) groups is 1. The number of carbonyl (C=O) groups is 1. The zero-order valence-electron chi connectivity index (χ0n) is 14.2. The first-order valence-corrected chi connectivity index (χ1v) is 9.33. The number of nitrogens with one attached hydrogen (secondary N) is 2. The molecule has 3 rings (SSSR count). The van der Waals surface area contributed by atoms with E-state index in [1.807, 2.05) is 60.7 Å². The van der Waals surface area contributed by atoms with E-state index in [1.165, 1.54) is 11.8 Å². The first kappa shape index (κ1) is 18.0. The topological polar surface area (TPSA) is 79.8 Å². The number of hydrogen-bond acceptors (Lipinski definition) is 4. The summed E-state index contributed by atoms with van der Waals surface area (Å²) in [7, 11) is 0. The second kappa shape index (κ2) is 9.05. The summed E-state index contributed by atoms with van der Waals surface area (Å²) in [4.78, 5) is 24.0. The van der Waals surface area contributed by atoms with Gasteiger partial charge in [0.05, 0.1) is 5.75 Å². The van der Waals surface area contributed by atoms with Crippen molar-refractivity contribution >= 4 is 17.7 Å². The summed E-state index contributed by atoms with van der Waals surface area (Å²) in [6.45, 7) is 1.01. The summed E-state index contributed by atoms with van der Waals surface area (Å²) in [5.74, 6) is 0.117. The van der Waals surface area contributed by atoms with Gasteiger partial charge < -0.3 is 5.32 Å². The highest BCUT2D eigenvalue weighted by molar-refractivity contribution is 7.99. The Balaban J connectivity index is 1.51. The Bertz CT molecular complexity index is 891. The Morgan fingerprint density at radius 1 is 1.04 bits per heavy atom. The summed E-state index contributed by atoms with van der Waals surface area (Å²) in [5, 5.41) is 9.88. The third kappa shape index (κ3) is 5.10. The molecule has 0 aliphatic rings. The monoisotopic (exact) mass is 368 g/mol. The summed E-state index contributed by atoms with van der Waals surface area (Å²) < 4.78 is 1.57. The van der Waals surface area contributed by atoms with Crippen LogP contribution in [0.5, 0.6) is 0 Å². The van der Waals surface area contributed by atoms with Crippen molar-refractivity contribution in [2.75, 3.05) is 5.75 Å². The molecule has 1 aromatic heterocycles. The number of amides is 1. The van der Waals surface area contributed by atoms with Crippen molar-refractivity contribution in [2.45, 2.75) is 24.7 Å². The van der Waals surface area contributed by atoms with Crippen LogP contribution in [0.3, 0.4) is 0 Å². The Kier molecular flexibility index (Phi) is 6.27. The van der Waals surface area contributed by atoms with Gasteiger partial charge in [-0.2, -0.15) is 0 Å². The van der Waals surface area contributed by atoms with Crippen molar-refractivity contribution in [2.24, 2.45) is 0 Å². The van der Waals surface area contributed by atoms with Gasteiger partial charge >= 0.3 is 5.69 Å². The molecule has 2 N–H and O–H groups in total. The van der Waals surface area contributed by atoms with Gasteiger partial charge in [-0.05, 0) is 17.5 Å². The van der Waals surface area contributed by atoms with Crippen molar-refractivity contribution < 1.29 is 4.79 Å². The molecule has 0 fully saturated rings. The van der Waals surface area contributed by atoms with Crippen LogP contribution in [0.4, 0.5) is 0 Å². The Hall–Kier alpha value is -2.80. The highest BCUT2D eigenvalue weighted by Crippen LogP contribution is 2.13. The number of aromatic nitrogens is 3. The van der Waals surface area contributed by atoms with Crippen LogP contribution in [0.2, 0.25) is 0 Å². The van der Waals surface area contributed by atoms with Crippen LogP contribution in [0.1, 0.15) is 11.1 Å². The van der Waals surface area contributed by atoms with E-state index in [0.29, 0.717) is 18.2 Å². The molecule has 26 heavy (non-hydrogen) atoms. The molecule has 134 valence electrons. The highest BCUT2D eigenvalue weighted by Gasteiger charge is 2.11. The van der Waals surface area contributed by atoms with E-state index in [9.17, 15) is 9.59 Å². The summed E-state index contributed by atoms with van der Waals surface area (Å²) in [6.07, 6.45) is 0.730. The van der Waals surface area contributed by atoms with Crippen LogP contribution < -0.4 is 11.0 Å². The third-order valence-electron chi connectivity index (χ3n) is 3.86. The molecule has 0 bridgehead atoms. The van der Waals surface area contributed by atoms with Gasteiger partial charge in [0.1, 0.15) is 0 Å². The van der Waals surface area contributed by atoms with Gasteiger partial charge in [0.15, 0.2) is 5.16 Å². The van der Waals surface area contributed by atoms with Crippen molar-refractivity contribution in [3.05, 3.63) is 82.3 Å². The van der Waals surface area contributed by atoms with Gasteiger partial charge in [-0.15, -0.1) is 5.10 Å². The van der Waals surface area contributed by atoms with Gasteiger partial charge in [0.25, 0.3) is 0 Å². The Morgan fingerprint density at radius 3 is 2.38 bits per heavy atom. The molecule has 0 spiro atoms. The largest absolute Gasteiger partial charge is 0.351 e. The first-order valence-electron chi connectivity index (χ1n) is 8.35. The Labute approximate surface area is 155 Å². The fraction of sp³-hybridized carbons (Fsp3) is 0.211. The third-order valence-corrected chi connectivity index (χ3v) is 4.83. The average Bonchev–Trinajstić information content (AvgIpc) is 3.04. The number of aromatic amines is 1. The van der Waals surface area contributed by atoms with E-state index in [0.717, 1.165) is 17.5 Å². The fourth-order valence-electron chi connectivity index (χ4n) is 2.47. The van der Waals surface area contributed by atoms with Crippen LogP contribution in [0.15, 0.2) is 70.6 Å². The molecule has 1 amide bonds. The minimum absolute atomic E-state index is 0.0936. The van der Waals surface area contributed by atoms with E-state index in [-0.39, 0.29) is 17.3 Å². The van der Waals surface area contributed by atoms with Gasteiger partial charge in [-0.1, -0.05) is 72.4 Å². The molecule has 0 atom stereocenters. The lowest BCUT2D eigenvalue weighted by Gasteiger charge is -2.07. The standard InChI is InChI=1S/C19H20N4O2S/c24-17(20-13-16-9-5-2-6-10-16)14-26-19-22-21-18(25)23(19)12-11-15-7-3-1-4-8-15/h1-10H,11-14H2,(H,20,24)(H,21,25).